The van der Waals surface area contributed by atoms with Crippen LogP contribution in [0, 0.1) is 0 Å². The summed E-state index contributed by atoms with van der Waals surface area (Å²) in [5, 5.41) is 0. The monoisotopic (exact) mass is 255 g/mol. The molecule has 1 unspecified atom stereocenters. The summed E-state index contributed by atoms with van der Waals surface area (Å²) in [7, 11) is 0. The van der Waals surface area contributed by atoms with Gasteiger partial charge in [0.2, 0.25) is 0 Å². The van der Waals surface area contributed by atoms with Crippen LogP contribution in [-0.4, -0.2) is 4.98 Å². The number of aryl methyl sites for hydroxylation is 1. The average molecular weight is 255 g/mol. The molecule has 0 fully saturated rings. The number of benzene rings is 1. The van der Waals surface area contributed by atoms with Crippen molar-refractivity contribution in [3.63, 3.8) is 0 Å². The lowest BCUT2D eigenvalue weighted by atomic mass is 9.98. The summed E-state index contributed by atoms with van der Waals surface area (Å²) < 4.78 is 0. The van der Waals surface area contributed by atoms with Crippen LogP contribution in [0.3, 0.4) is 0 Å². The van der Waals surface area contributed by atoms with Gasteiger partial charge in [0, 0.05) is 12.4 Å². The Hall–Kier alpha value is -1.71. The molecule has 0 aliphatic carbocycles. The Kier molecular flexibility index (Phi) is 5.07. The second-order valence-electron chi connectivity index (χ2n) is 4.78. The molecule has 0 aliphatic rings. The van der Waals surface area contributed by atoms with Crippen LogP contribution in [0.15, 0.2) is 48.8 Å². The lowest BCUT2D eigenvalue weighted by Crippen LogP contribution is -2.29. The van der Waals surface area contributed by atoms with Gasteiger partial charge in [-0.2, -0.15) is 0 Å². The van der Waals surface area contributed by atoms with Crippen molar-refractivity contribution in [3.05, 3.63) is 65.5 Å². The van der Waals surface area contributed by atoms with Crippen molar-refractivity contribution in [1.29, 1.82) is 0 Å². The highest BCUT2D eigenvalue weighted by molar-refractivity contribution is 5.26. The first-order chi connectivity index (χ1) is 9.33. The third kappa shape index (κ3) is 3.88. The summed E-state index contributed by atoms with van der Waals surface area (Å²) in [4.78, 5) is 4.14. The topological polar surface area (TPSA) is 50.9 Å². The first-order valence-corrected chi connectivity index (χ1v) is 6.77. The predicted molar refractivity (Wildman–Crippen MR) is 78.4 cm³/mol. The van der Waals surface area contributed by atoms with E-state index in [1.54, 1.807) is 6.20 Å². The number of nitrogens with one attached hydrogen (secondary N) is 1. The van der Waals surface area contributed by atoms with Gasteiger partial charge in [-0.1, -0.05) is 43.7 Å². The number of nitrogens with two attached hydrogens (primary N) is 1. The lowest BCUT2D eigenvalue weighted by Gasteiger charge is -2.16. The number of rotatable bonds is 6. The molecule has 2 aromatic rings. The molecule has 1 atom stereocenters. The Morgan fingerprint density at radius 1 is 1.16 bits per heavy atom. The molecular formula is C16H21N3. The van der Waals surface area contributed by atoms with Crippen molar-refractivity contribution in [2.24, 2.45) is 5.84 Å². The third-order valence-electron chi connectivity index (χ3n) is 3.28. The Labute approximate surface area is 114 Å². The molecule has 0 saturated heterocycles. The van der Waals surface area contributed by atoms with E-state index < -0.39 is 0 Å². The minimum atomic E-state index is 0.125. The average Bonchev–Trinajstić information content (AvgIpc) is 2.47. The molecule has 0 aliphatic heterocycles. The van der Waals surface area contributed by atoms with E-state index in [2.05, 4.69) is 47.7 Å². The smallest absolute Gasteiger partial charge is 0.0500 e. The van der Waals surface area contributed by atoms with Gasteiger partial charge in [0.15, 0.2) is 0 Å². The maximum atomic E-state index is 5.68. The normalized spacial score (nSPS) is 12.3. The van der Waals surface area contributed by atoms with Gasteiger partial charge in [0.25, 0.3) is 0 Å². The maximum absolute atomic E-state index is 5.68. The minimum Gasteiger partial charge on any atom is -0.271 e. The first kappa shape index (κ1) is 13.7. The second-order valence-corrected chi connectivity index (χ2v) is 4.78. The van der Waals surface area contributed by atoms with E-state index in [-0.39, 0.29) is 6.04 Å². The zero-order chi connectivity index (χ0) is 13.5. The fraction of sp³-hybridized carbons (Fsp3) is 0.312. The van der Waals surface area contributed by atoms with Crippen LogP contribution in [0.1, 0.15) is 36.1 Å². The molecule has 100 valence electrons. The van der Waals surface area contributed by atoms with Crippen molar-refractivity contribution >= 4 is 0 Å². The van der Waals surface area contributed by atoms with Gasteiger partial charge in [0.1, 0.15) is 0 Å². The summed E-state index contributed by atoms with van der Waals surface area (Å²) in [6, 6.07) is 12.8. The largest absolute Gasteiger partial charge is 0.271 e. The molecular weight excluding hydrogens is 234 g/mol. The van der Waals surface area contributed by atoms with Gasteiger partial charge in [-0.3, -0.25) is 16.3 Å². The van der Waals surface area contributed by atoms with Crippen molar-refractivity contribution in [2.45, 2.75) is 32.2 Å². The summed E-state index contributed by atoms with van der Waals surface area (Å²) in [6.45, 7) is 2.19. The van der Waals surface area contributed by atoms with Gasteiger partial charge < -0.3 is 0 Å². The van der Waals surface area contributed by atoms with Crippen LogP contribution in [0.5, 0.6) is 0 Å². The molecule has 1 aromatic carbocycles. The highest BCUT2D eigenvalue weighted by Gasteiger charge is 2.10. The van der Waals surface area contributed by atoms with E-state index in [9.17, 15) is 0 Å². The van der Waals surface area contributed by atoms with E-state index in [1.807, 2.05) is 12.3 Å². The fourth-order valence-electron chi connectivity index (χ4n) is 2.23. The highest BCUT2D eigenvalue weighted by atomic mass is 15.2. The third-order valence-corrected chi connectivity index (χ3v) is 3.28. The highest BCUT2D eigenvalue weighted by Crippen LogP contribution is 2.18. The Balaban J connectivity index is 2.08. The van der Waals surface area contributed by atoms with Crippen LogP contribution in [0.2, 0.25) is 0 Å². The zero-order valence-electron chi connectivity index (χ0n) is 11.3. The number of hydrazine groups is 1. The molecule has 3 N–H and O–H groups in total. The molecule has 3 nitrogen and oxygen atoms in total. The Morgan fingerprint density at radius 2 is 1.95 bits per heavy atom. The molecule has 0 radical (unpaired) electrons. The molecule has 0 bridgehead atoms. The predicted octanol–water partition coefficient (Wildman–Crippen LogP) is 2.78. The van der Waals surface area contributed by atoms with Gasteiger partial charge >= 0.3 is 0 Å². The zero-order valence-corrected chi connectivity index (χ0v) is 11.3. The fourth-order valence-corrected chi connectivity index (χ4v) is 2.23. The molecule has 3 heteroatoms. The van der Waals surface area contributed by atoms with Gasteiger partial charge in [-0.15, -0.1) is 0 Å². The Bertz CT molecular complexity index is 479. The van der Waals surface area contributed by atoms with Gasteiger partial charge in [-0.05, 0) is 35.6 Å². The number of hydrogen-bond donors (Lipinski definition) is 2. The summed E-state index contributed by atoms with van der Waals surface area (Å²) in [6.07, 6.45) is 6.82. The SMILES string of the molecule is CCCc1ccc(C(Cc2cccnc2)NN)cc1. The number of aromatic nitrogens is 1. The van der Waals surface area contributed by atoms with Crippen LogP contribution in [0.4, 0.5) is 0 Å². The minimum absolute atomic E-state index is 0.125. The summed E-state index contributed by atoms with van der Waals surface area (Å²) in [5.41, 5.74) is 6.67. The summed E-state index contributed by atoms with van der Waals surface area (Å²) >= 11 is 0. The van der Waals surface area contributed by atoms with Crippen LogP contribution in [-0.2, 0) is 12.8 Å². The van der Waals surface area contributed by atoms with E-state index in [0.29, 0.717) is 0 Å². The van der Waals surface area contributed by atoms with Crippen LogP contribution in [0.25, 0.3) is 0 Å². The van der Waals surface area contributed by atoms with Crippen molar-refractivity contribution in [1.82, 2.24) is 10.4 Å². The molecule has 1 aromatic heterocycles. The molecule has 2 rings (SSSR count). The molecule has 0 amide bonds. The number of hydrogen-bond acceptors (Lipinski definition) is 3. The summed E-state index contributed by atoms with van der Waals surface area (Å²) in [5.74, 6) is 5.68. The van der Waals surface area contributed by atoms with Crippen molar-refractivity contribution in [3.8, 4) is 0 Å². The van der Waals surface area contributed by atoms with Gasteiger partial charge in [0.05, 0.1) is 6.04 Å². The second kappa shape index (κ2) is 7.02. The van der Waals surface area contributed by atoms with E-state index >= 15 is 0 Å². The standard InChI is InChI=1S/C16H21N3/c1-2-4-13-6-8-15(9-7-13)16(19-17)11-14-5-3-10-18-12-14/h3,5-10,12,16,19H,2,4,11,17H2,1H3. The Morgan fingerprint density at radius 3 is 2.53 bits per heavy atom. The molecule has 19 heavy (non-hydrogen) atoms. The van der Waals surface area contributed by atoms with Crippen LogP contribution < -0.4 is 11.3 Å². The van der Waals surface area contributed by atoms with E-state index in [1.165, 1.54) is 23.1 Å². The van der Waals surface area contributed by atoms with Gasteiger partial charge in [-0.25, -0.2) is 0 Å². The van der Waals surface area contributed by atoms with E-state index in [0.717, 1.165) is 12.8 Å². The number of pyridine rings is 1. The van der Waals surface area contributed by atoms with Crippen LogP contribution >= 0.6 is 0 Å². The quantitative estimate of drug-likeness (QED) is 0.616. The lowest BCUT2D eigenvalue weighted by molar-refractivity contribution is 0.551. The molecule has 0 saturated carbocycles. The van der Waals surface area contributed by atoms with E-state index in [4.69, 9.17) is 5.84 Å². The van der Waals surface area contributed by atoms with Crippen molar-refractivity contribution < 1.29 is 0 Å². The first-order valence-electron chi connectivity index (χ1n) is 6.77. The maximum Gasteiger partial charge on any atom is 0.0500 e. The van der Waals surface area contributed by atoms with Crippen molar-refractivity contribution in [2.75, 3.05) is 0 Å². The molecule has 0 spiro atoms. The molecule has 1 heterocycles. The number of nitrogens with zero attached hydrogens (tertiary/aromatic N) is 1.